The zero-order valence-corrected chi connectivity index (χ0v) is 9.60. The van der Waals surface area contributed by atoms with Crippen molar-refractivity contribution in [1.82, 2.24) is 19.9 Å². The number of nitrogen functional groups attached to an aromatic ring is 1. The maximum atomic E-state index is 11.9. The van der Waals surface area contributed by atoms with E-state index < -0.39 is 0 Å². The third-order valence-electron chi connectivity index (χ3n) is 2.46. The maximum Gasteiger partial charge on any atom is 0.268 e. The Morgan fingerprint density at radius 2 is 2.47 bits per heavy atom. The van der Waals surface area contributed by atoms with Crippen molar-refractivity contribution in [2.75, 3.05) is 5.73 Å². The van der Waals surface area contributed by atoms with Crippen molar-refractivity contribution < 1.29 is 4.79 Å². The van der Waals surface area contributed by atoms with Gasteiger partial charge in [-0.05, 0) is 13.0 Å². The Morgan fingerprint density at radius 1 is 1.65 bits per heavy atom. The van der Waals surface area contributed by atoms with Crippen LogP contribution in [-0.4, -0.2) is 20.4 Å². The number of nitrogens with zero attached hydrogens (tertiary/aromatic N) is 2. The molecule has 90 valence electrons. The summed E-state index contributed by atoms with van der Waals surface area (Å²) in [7, 11) is 0. The van der Waals surface area contributed by atoms with Crippen molar-refractivity contribution >= 4 is 11.6 Å². The number of H-pyrrole nitrogens is 1. The number of carbonyl (C=O) groups excluding carboxylic acids is 1. The van der Waals surface area contributed by atoms with Crippen molar-refractivity contribution in [1.29, 1.82) is 0 Å². The molecular formula is C11H15N5O. The molecule has 2 aromatic rings. The second kappa shape index (κ2) is 4.73. The zero-order valence-electron chi connectivity index (χ0n) is 9.60. The predicted octanol–water partition coefficient (Wildman–Crippen LogP) is 0.743. The van der Waals surface area contributed by atoms with Crippen LogP contribution in [0.5, 0.6) is 0 Å². The van der Waals surface area contributed by atoms with E-state index in [-0.39, 0.29) is 5.91 Å². The largest absolute Gasteiger partial charge is 0.397 e. The van der Waals surface area contributed by atoms with Crippen LogP contribution in [0.1, 0.15) is 23.2 Å². The van der Waals surface area contributed by atoms with Gasteiger partial charge in [0.15, 0.2) is 0 Å². The topological polar surface area (TPSA) is 88.7 Å². The number of aromatic nitrogens is 3. The number of hydrogen-bond donors (Lipinski definition) is 3. The molecule has 0 aliphatic rings. The van der Waals surface area contributed by atoms with Gasteiger partial charge in [0, 0.05) is 25.1 Å². The quantitative estimate of drug-likeness (QED) is 0.727. The number of nitrogens with two attached hydrogens (primary N) is 1. The lowest BCUT2D eigenvalue weighted by atomic mass is 10.3. The standard InChI is InChI=1S/C11H15N5O/c1-2-16-7-8(12)5-9(16)11(17)15-6-10-13-3-4-14-10/h3-5,7H,2,6,12H2,1H3,(H,13,14)(H,15,17). The highest BCUT2D eigenvalue weighted by Gasteiger charge is 2.11. The molecule has 2 heterocycles. The first-order chi connectivity index (χ1) is 8.20. The van der Waals surface area contributed by atoms with Crippen LogP contribution in [0.2, 0.25) is 0 Å². The lowest BCUT2D eigenvalue weighted by Crippen LogP contribution is -2.25. The van der Waals surface area contributed by atoms with Crippen LogP contribution in [0.3, 0.4) is 0 Å². The van der Waals surface area contributed by atoms with Gasteiger partial charge in [0.1, 0.15) is 11.5 Å². The smallest absolute Gasteiger partial charge is 0.268 e. The molecule has 2 aromatic heterocycles. The molecule has 0 saturated heterocycles. The Balaban J connectivity index is 2.04. The van der Waals surface area contributed by atoms with Crippen molar-refractivity contribution in [3.05, 3.63) is 36.2 Å². The average Bonchev–Trinajstić information content (AvgIpc) is 2.94. The Bertz CT molecular complexity index is 500. The Labute approximate surface area is 98.8 Å². The molecule has 0 atom stereocenters. The fraction of sp³-hybridized carbons (Fsp3) is 0.273. The summed E-state index contributed by atoms with van der Waals surface area (Å²) in [6, 6.07) is 1.67. The van der Waals surface area contributed by atoms with Crippen molar-refractivity contribution in [3.8, 4) is 0 Å². The number of imidazole rings is 1. The highest BCUT2D eigenvalue weighted by molar-refractivity contribution is 5.93. The van der Waals surface area contributed by atoms with E-state index in [1.807, 2.05) is 11.5 Å². The number of rotatable bonds is 4. The molecule has 17 heavy (non-hydrogen) atoms. The molecule has 0 bridgehead atoms. The average molecular weight is 233 g/mol. The Hall–Kier alpha value is -2.24. The number of nitrogens with one attached hydrogen (secondary N) is 2. The van der Waals surface area contributed by atoms with Gasteiger partial charge in [0.2, 0.25) is 0 Å². The first-order valence-corrected chi connectivity index (χ1v) is 5.42. The Morgan fingerprint density at radius 3 is 3.12 bits per heavy atom. The predicted molar refractivity (Wildman–Crippen MR) is 64.3 cm³/mol. The summed E-state index contributed by atoms with van der Waals surface area (Å²) in [5, 5.41) is 2.78. The van der Waals surface area contributed by atoms with E-state index in [1.165, 1.54) is 0 Å². The molecule has 6 nitrogen and oxygen atoms in total. The number of aryl methyl sites for hydroxylation is 1. The van der Waals surface area contributed by atoms with Gasteiger partial charge in [0.05, 0.1) is 12.2 Å². The van der Waals surface area contributed by atoms with E-state index in [4.69, 9.17) is 5.73 Å². The first-order valence-electron chi connectivity index (χ1n) is 5.42. The fourth-order valence-electron chi connectivity index (χ4n) is 1.63. The number of carbonyl (C=O) groups is 1. The minimum atomic E-state index is -0.153. The zero-order chi connectivity index (χ0) is 12.3. The van der Waals surface area contributed by atoms with Crippen LogP contribution in [0.4, 0.5) is 5.69 Å². The normalized spacial score (nSPS) is 10.4. The molecule has 0 saturated carbocycles. The van der Waals surface area contributed by atoms with E-state index in [2.05, 4.69) is 15.3 Å². The van der Waals surface area contributed by atoms with Gasteiger partial charge in [-0.15, -0.1) is 0 Å². The summed E-state index contributed by atoms with van der Waals surface area (Å²) in [5.41, 5.74) is 6.82. The molecule has 1 amide bonds. The monoisotopic (exact) mass is 233 g/mol. The van der Waals surface area contributed by atoms with Crippen LogP contribution >= 0.6 is 0 Å². The van der Waals surface area contributed by atoms with Crippen LogP contribution in [0, 0.1) is 0 Å². The van der Waals surface area contributed by atoms with Gasteiger partial charge in [-0.25, -0.2) is 4.98 Å². The molecule has 4 N–H and O–H groups in total. The summed E-state index contributed by atoms with van der Waals surface area (Å²) in [6.07, 6.45) is 5.12. The summed E-state index contributed by atoms with van der Waals surface area (Å²) in [6.45, 7) is 3.05. The van der Waals surface area contributed by atoms with Gasteiger partial charge >= 0.3 is 0 Å². The molecule has 0 unspecified atom stereocenters. The minimum absolute atomic E-state index is 0.153. The first kappa shape index (κ1) is 11.3. The van der Waals surface area contributed by atoms with E-state index in [9.17, 15) is 4.79 Å². The van der Waals surface area contributed by atoms with Gasteiger partial charge in [0.25, 0.3) is 5.91 Å². The molecule has 0 aliphatic heterocycles. The number of amides is 1. The molecule has 2 rings (SSSR count). The highest BCUT2D eigenvalue weighted by Crippen LogP contribution is 2.10. The van der Waals surface area contributed by atoms with Crippen LogP contribution in [-0.2, 0) is 13.1 Å². The second-order valence-corrected chi connectivity index (χ2v) is 3.66. The molecular weight excluding hydrogens is 218 g/mol. The third kappa shape index (κ3) is 2.47. The van der Waals surface area contributed by atoms with E-state index in [0.717, 1.165) is 5.82 Å². The van der Waals surface area contributed by atoms with E-state index >= 15 is 0 Å². The van der Waals surface area contributed by atoms with Gasteiger partial charge in [-0.1, -0.05) is 0 Å². The lowest BCUT2D eigenvalue weighted by Gasteiger charge is -2.06. The molecule has 0 spiro atoms. The highest BCUT2D eigenvalue weighted by atomic mass is 16.1. The molecule has 0 aliphatic carbocycles. The lowest BCUT2D eigenvalue weighted by molar-refractivity contribution is 0.0941. The number of anilines is 1. The third-order valence-corrected chi connectivity index (χ3v) is 2.46. The van der Waals surface area contributed by atoms with Gasteiger partial charge in [-0.2, -0.15) is 0 Å². The van der Waals surface area contributed by atoms with Crippen molar-refractivity contribution in [2.24, 2.45) is 0 Å². The van der Waals surface area contributed by atoms with Crippen molar-refractivity contribution in [3.63, 3.8) is 0 Å². The summed E-state index contributed by atoms with van der Waals surface area (Å²) in [4.78, 5) is 18.9. The summed E-state index contributed by atoms with van der Waals surface area (Å²) in [5.74, 6) is 0.570. The summed E-state index contributed by atoms with van der Waals surface area (Å²) < 4.78 is 1.81. The maximum absolute atomic E-state index is 11.9. The fourth-order valence-corrected chi connectivity index (χ4v) is 1.63. The van der Waals surface area contributed by atoms with E-state index in [1.54, 1.807) is 24.7 Å². The SMILES string of the molecule is CCn1cc(N)cc1C(=O)NCc1ncc[nH]1. The molecule has 6 heteroatoms. The number of aromatic amines is 1. The van der Waals surface area contributed by atoms with Crippen LogP contribution in [0.15, 0.2) is 24.7 Å². The second-order valence-electron chi connectivity index (χ2n) is 3.66. The van der Waals surface area contributed by atoms with Crippen LogP contribution < -0.4 is 11.1 Å². The Kier molecular flexibility index (Phi) is 3.13. The van der Waals surface area contributed by atoms with Gasteiger partial charge < -0.3 is 20.6 Å². The molecule has 0 radical (unpaired) electrons. The van der Waals surface area contributed by atoms with Gasteiger partial charge in [-0.3, -0.25) is 4.79 Å². The minimum Gasteiger partial charge on any atom is -0.397 e. The van der Waals surface area contributed by atoms with Crippen molar-refractivity contribution in [2.45, 2.75) is 20.0 Å². The van der Waals surface area contributed by atoms with Crippen LogP contribution in [0.25, 0.3) is 0 Å². The van der Waals surface area contributed by atoms with E-state index in [0.29, 0.717) is 24.5 Å². The number of hydrogen-bond acceptors (Lipinski definition) is 3. The molecule has 0 fully saturated rings. The summed E-state index contributed by atoms with van der Waals surface area (Å²) >= 11 is 0. The molecule has 0 aromatic carbocycles.